The summed E-state index contributed by atoms with van der Waals surface area (Å²) in [7, 11) is 4.41. The van der Waals surface area contributed by atoms with Gasteiger partial charge in [0.2, 0.25) is 5.91 Å². The van der Waals surface area contributed by atoms with Crippen LogP contribution in [0.25, 0.3) is 10.2 Å². The van der Waals surface area contributed by atoms with E-state index in [1.54, 1.807) is 36.6 Å². The van der Waals surface area contributed by atoms with E-state index < -0.39 is 12.0 Å². The van der Waals surface area contributed by atoms with E-state index in [4.69, 9.17) is 14.2 Å². The molecule has 0 saturated carbocycles. The molecule has 0 radical (unpaired) electrons. The van der Waals surface area contributed by atoms with Crippen LogP contribution in [0.5, 0.6) is 11.5 Å². The van der Waals surface area contributed by atoms with Crippen molar-refractivity contribution < 1.29 is 23.8 Å². The zero-order valence-corrected chi connectivity index (χ0v) is 19.2. The quantitative estimate of drug-likeness (QED) is 0.458. The maximum absolute atomic E-state index is 12.6. The number of carbonyl (C=O) groups excluding carboxylic acids is 2. The number of methoxy groups -OCH3 is 3. The first-order chi connectivity index (χ1) is 15.0. The van der Waals surface area contributed by atoms with Crippen molar-refractivity contribution in [3.63, 3.8) is 0 Å². The Morgan fingerprint density at radius 2 is 1.87 bits per heavy atom. The van der Waals surface area contributed by atoms with Gasteiger partial charge < -0.3 is 19.5 Å². The Kier molecular flexibility index (Phi) is 8.13. The van der Waals surface area contributed by atoms with Gasteiger partial charge in [-0.05, 0) is 29.8 Å². The van der Waals surface area contributed by atoms with Crippen LogP contribution in [0.4, 0.5) is 0 Å². The molecule has 1 unspecified atom stereocenters. The van der Waals surface area contributed by atoms with Crippen molar-refractivity contribution in [2.24, 2.45) is 0 Å². The van der Waals surface area contributed by atoms with Crippen molar-refractivity contribution in [2.75, 3.05) is 27.1 Å². The van der Waals surface area contributed by atoms with Gasteiger partial charge in [0.25, 0.3) is 0 Å². The molecule has 0 bridgehead atoms. The second kappa shape index (κ2) is 11.0. The van der Waals surface area contributed by atoms with E-state index in [0.717, 1.165) is 20.8 Å². The minimum absolute atomic E-state index is 0.0141. The number of aromatic nitrogens is 1. The highest BCUT2D eigenvalue weighted by Crippen LogP contribution is 2.31. The summed E-state index contributed by atoms with van der Waals surface area (Å²) < 4.78 is 16.5. The van der Waals surface area contributed by atoms with Crippen LogP contribution in [0.15, 0.2) is 42.5 Å². The summed E-state index contributed by atoms with van der Waals surface area (Å²) >= 11 is 3.11. The second-order valence-electron chi connectivity index (χ2n) is 6.58. The molecule has 1 aromatic heterocycles. The number of nitrogens with one attached hydrogen (secondary N) is 1. The van der Waals surface area contributed by atoms with Crippen molar-refractivity contribution in [3.05, 3.63) is 53.0 Å². The van der Waals surface area contributed by atoms with Crippen LogP contribution in [0.3, 0.4) is 0 Å². The Balaban J connectivity index is 1.63. The predicted octanol–water partition coefficient (Wildman–Crippen LogP) is 3.97. The van der Waals surface area contributed by atoms with Crippen LogP contribution in [-0.2, 0) is 20.1 Å². The normalized spacial score (nSPS) is 11.7. The van der Waals surface area contributed by atoms with Gasteiger partial charge in [-0.25, -0.2) is 4.98 Å². The number of para-hydroxylation sites is 1. The minimum atomic E-state index is -0.539. The van der Waals surface area contributed by atoms with Gasteiger partial charge in [-0.1, -0.05) is 18.2 Å². The summed E-state index contributed by atoms with van der Waals surface area (Å²) in [5.74, 6) is 1.40. The van der Waals surface area contributed by atoms with Crippen LogP contribution in [0.2, 0.25) is 0 Å². The second-order valence-corrected chi connectivity index (χ2v) is 8.68. The minimum Gasteiger partial charge on any atom is -0.493 e. The first kappa shape index (κ1) is 22.9. The van der Waals surface area contributed by atoms with Gasteiger partial charge in [0.15, 0.2) is 11.5 Å². The van der Waals surface area contributed by atoms with Crippen LogP contribution >= 0.6 is 23.1 Å². The SMILES string of the molecule is COC(=O)CC(NC(=O)CSCc1nc2ccccc2s1)c1ccc(OC)c(OC)c1. The molecule has 1 amide bonds. The van der Waals surface area contributed by atoms with Gasteiger partial charge in [0.1, 0.15) is 5.01 Å². The molecular weight excluding hydrogens is 436 g/mol. The maximum atomic E-state index is 12.6. The highest BCUT2D eigenvalue weighted by Gasteiger charge is 2.21. The van der Waals surface area contributed by atoms with Crippen molar-refractivity contribution in [2.45, 2.75) is 18.2 Å². The van der Waals surface area contributed by atoms with E-state index >= 15 is 0 Å². The number of benzene rings is 2. The maximum Gasteiger partial charge on any atom is 0.307 e. The van der Waals surface area contributed by atoms with Gasteiger partial charge in [-0.3, -0.25) is 9.59 Å². The Labute approximate surface area is 189 Å². The molecule has 31 heavy (non-hydrogen) atoms. The number of hydrogen-bond acceptors (Lipinski definition) is 8. The third kappa shape index (κ3) is 6.11. The van der Waals surface area contributed by atoms with E-state index in [2.05, 4.69) is 10.3 Å². The molecule has 1 heterocycles. The molecule has 0 fully saturated rings. The third-order valence-corrected chi connectivity index (χ3v) is 6.70. The van der Waals surface area contributed by atoms with Gasteiger partial charge >= 0.3 is 5.97 Å². The van der Waals surface area contributed by atoms with Crippen molar-refractivity contribution in [1.29, 1.82) is 0 Å². The summed E-state index contributed by atoms with van der Waals surface area (Å²) in [6.07, 6.45) is 0.0141. The van der Waals surface area contributed by atoms with Crippen molar-refractivity contribution in [3.8, 4) is 11.5 Å². The summed E-state index contributed by atoms with van der Waals surface area (Å²) in [6, 6.07) is 12.7. The summed E-state index contributed by atoms with van der Waals surface area (Å²) in [4.78, 5) is 29.1. The summed E-state index contributed by atoms with van der Waals surface area (Å²) in [5, 5.41) is 3.90. The first-order valence-corrected chi connectivity index (χ1v) is 11.5. The average Bonchev–Trinajstić information content (AvgIpc) is 3.20. The lowest BCUT2D eigenvalue weighted by Crippen LogP contribution is -2.31. The topological polar surface area (TPSA) is 86.8 Å². The smallest absolute Gasteiger partial charge is 0.307 e. The number of hydrogen-bond donors (Lipinski definition) is 1. The van der Waals surface area contributed by atoms with E-state index in [9.17, 15) is 9.59 Å². The highest BCUT2D eigenvalue weighted by atomic mass is 32.2. The number of carbonyl (C=O) groups is 2. The molecule has 3 rings (SSSR count). The van der Waals surface area contributed by atoms with Gasteiger partial charge in [0.05, 0.1) is 49.8 Å². The number of fused-ring (bicyclic) bond motifs is 1. The molecule has 2 aromatic carbocycles. The fourth-order valence-corrected chi connectivity index (χ4v) is 4.88. The van der Waals surface area contributed by atoms with Gasteiger partial charge in [0, 0.05) is 5.75 Å². The molecule has 1 atom stereocenters. The van der Waals surface area contributed by atoms with E-state index in [-0.39, 0.29) is 18.1 Å². The fraction of sp³-hybridized carbons (Fsp3) is 0.318. The number of thioether (sulfide) groups is 1. The molecule has 0 spiro atoms. The zero-order valence-electron chi connectivity index (χ0n) is 17.5. The van der Waals surface area contributed by atoms with Gasteiger partial charge in [-0.2, -0.15) is 0 Å². The van der Waals surface area contributed by atoms with E-state index in [1.807, 2.05) is 24.3 Å². The predicted molar refractivity (Wildman–Crippen MR) is 123 cm³/mol. The van der Waals surface area contributed by atoms with Crippen LogP contribution in [0.1, 0.15) is 23.0 Å². The molecule has 164 valence electrons. The number of ether oxygens (including phenoxy) is 3. The number of thiazole rings is 1. The zero-order chi connectivity index (χ0) is 22.2. The number of amides is 1. The third-order valence-electron chi connectivity index (χ3n) is 4.54. The summed E-state index contributed by atoms with van der Waals surface area (Å²) in [6.45, 7) is 0. The standard InChI is InChI=1S/C22H24N2O5S2/c1-27-17-9-8-14(10-18(17)28-2)16(11-22(26)29-3)23-20(25)12-30-13-21-24-15-6-4-5-7-19(15)31-21/h4-10,16H,11-13H2,1-3H3,(H,23,25). The van der Waals surface area contributed by atoms with Crippen LogP contribution in [0, 0.1) is 0 Å². The van der Waals surface area contributed by atoms with Crippen molar-refractivity contribution >= 4 is 45.2 Å². The lowest BCUT2D eigenvalue weighted by Gasteiger charge is -2.19. The number of esters is 1. The monoisotopic (exact) mass is 460 g/mol. The van der Waals surface area contributed by atoms with E-state index in [1.165, 1.54) is 26.0 Å². The molecule has 0 saturated heterocycles. The number of nitrogens with zero attached hydrogens (tertiary/aromatic N) is 1. The Hall–Kier alpha value is -2.78. The largest absolute Gasteiger partial charge is 0.493 e. The molecule has 3 aromatic rings. The molecule has 1 N–H and O–H groups in total. The first-order valence-electron chi connectivity index (χ1n) is 9.54. The van der Waals surface area contributed by atoms with Crippen molar-refractivity contribution in [1.82, 2.24) is 10.3 Å². The average molecular weight is 461 g/mol. The van der Waals surface area contributed by atoms with Crippen LogP contribution < -0.4 is 14.8 Å². The highest BCUT2D eigenvalue weighted by molar-refractivity contribution is 7.99. The molecule has 0 aliphatic rings. The van der Waals surface area contributed by atoms with Gasteiger partial charge in [-0.15, -0.1) is 23.1 Å². The van der Waals surface area contributed by atoms with E-state index in [0.29, 0.717) is 17.3 Å². The number of rotatable bonds is 10. The Morgan fingerprint density at radius 3 is 2.58 bits per heavy atom. The lowest BCUT2D eigenvalue weighted by atomic mass is 10.0. The Morgan fingerprint density at radius 1 is 1.10 bits per heavy atom. The van der Waals surface area contributed by atoms with Crippen LogP contribution in [-0.4, -0.2) is 43.9 Å². The fourth-order valence-electron chi connectivity index (χ4n) is 3.02. The molecule has 7 nitrogen and oxygen atoms in total. The lowest BCUT2D eigenvalue weighted by molar-refractivity contribution is -0.141. The summed E-state index contributed by atoms with van der Waals surface area (Å²) in [5.41, 5.74) is 1.70. The molecule has 9 heteroatoms. The Bertz CT molecular complexity index is 1020. The molecular formula is C22H24N2O5S2. The molecule has 0 aliphatic carbocycles. The molecule has 0 aliphatic heterocycles.